The number of fused-ring (bicyclic) bond motifs is 1. The summed E-state index contributed by atoms with van der Waals surface area (Å²) >= 11 is 7.09. The molecule has 1 aromatic heterocycles. The Kier molecular flexibility index (Phi) is 6.51. The van der Waals surface area contributed by atoms with E-state index in [1.165, 1.54) is 6.42 Å². The highest BCUT2D eigenvalue weighted by Crippen LogP contribution is 2.40. The molecule has 0 spiro atoms. The third-order valence-electron chi connectivity index (χ3n) is 6.29. The van der Waals surface area contributed by atoms with E-state index in [0.29, 0.717) is 27.5 Å². The van der Waals surface area contributed by atoms with Crippen LogP contribution in [0.3, 0.4) is 0 Å². The molecule has 1 N–H and O–H groups in total. The van der Waals surface area contributed by atoms with E-state index in [2.05, 4.69) is 25.7 Å². The van der Waals surface area contributed by atoms with Gasteiger partial charge >= 0.3 is 5.97 Å². The van der Waals surface area contributed by atoms with Gasteiger partial charge in [-0.15, -0.1) is 11.3 Å². The molecule has 32 heavy (non-hydrogen) atoms. The fourth-order valence-corrected chi connectivity index (χ4v) is 5.83. The van der Waals surface area contributed by atoms with Crippen molar-refractivity contribution in [3.05, 3.63) is 52.1 Å². The van der Waals surface area contributed by atoms with Crippen LogP contribution in [0.15, 0.2) is 36.4 Å². The zero-order chi connectivity index (χ0) is 23.0. The molecule has 2 heterocycles. The minimum absolute atomic E-state index is 0.228. The predicted octanol–water partition coefficient (Wildman–Crippen LogP) is 8.10. The van der Waals surface area contributed by atoms with Crippen LogP contribution in [0.4, 0.5) is 10.1 Å². The van der Waals surface area contributed by atoms with Gasteiger partial charge in [0, 0.05) is 33.8 Å². The molecule has 0 aliphatic carbocycles. The zero-order valence-corrected chi connectivity index (χ0v) is 20.3. The molecule has 0 amide bonds. The van der Waals surface area contributed by atoms with E-state index in [-0.39, 0.29) is 10.7 Å². The molecule has 1 saturated heterocycles. The van der Waals surface area contributed by atoms with E-state index in [1.54, 1.807) is 24.3 Å². The van der Waals surface area contributed by atoms with Gasteiger partial charge in [0.25, 0.3) is 0 Å². The molecule has 0 saturated carbocycles. The molecule has 1 aliphatic heterocycles. The molecule has 1 atom stereocenters. The first-order chi connectivity index (χ1) is 15.1. The second kappa shape index (κ2) is 9.03. The third kappa shape index (κ3) is 4.94. The first-order valence-corrected chi connectivity index (χ1v) is 12.3. The lowest BCUT2D eigenvalue weighted by molar-refractivity contribution is 0.0697. The van der Waals surface area contributed by atoms with Crippen molar-refractivity contribution >= 4 is 44.7 Å². The summed E-state index contributed by atoms with van der Waals surface area (Å²) in [6, 6.07) is 10.6. The molecular formula is C26H29ClFNO2S. The predicted molar refractivity (Wildman–Crippen MR) is 133 cm³/mol. The number of hydrogen-bond donors (Lipinski definition) is 1. The summed E-state index contributed by atoms with van der Waals surface area (Å²) in [5.41, 5.74) is 2.28. The van der Waals surface area contributed by atoms with Crippen LogP contribution in [0.1, 0.15) is 56.8 Å². The number of nitrogens with zero attached hydrogens (tertiary/aromatic N) is 1. The van der Waals surface area contributed by atoms with Gasteiger partial charge in [0.2, 0.25) is 0 Å². The van der Waals surface area contributed by atoms with Crippen LogP contribution < -0.4 is 4.90 Å². The Morgan fingerprint density at radius 1 is 1.25 bits per heavy atom. The Morgan fingerprint density at radius 3 is 2.75 bits per heavy atom. The summed E-state index contributed by atoms with van der Waals surface area (Å²) in [6.45, 7) is 8.49. The highest BCUT2D eigenvalue weighted by Gasteiger charge is 2.26. The lowest BCUT2D eigenvalue weighted by Gasteiger charge is -2.36. The first kappa shape index (κ1) is 23.1. The molecular weight excluding hydrogens is 445 g/mol. The topological polar surface area (TPSA) is 40.5 Å². The summed E-state index contributed by atoms with van der Waals surface area (Å²) in [5, 5.41) is 11.0. The van der Waals surface area contributed by atoms with Crippen molar-refractivity contribution in [2.45, 2.75) is 46.5 Å². The third-order valence-corrected chi connectivity index (χ3v) is 7.46. The Balaban J connectivity index is 1.66. The van der Waals surface area contributed by atoms with Crippen molar-refractivity contribution in [3.63, 3.8) is 0 Å². The quantitative estimate of drug-likeness (QED) is 0.407. The van der Waals surface area contributed by atoms with Crippen LogP contribution >= 0.6 is 22.9 Å². The molecule has 3 nitrogen and oxygen atoms in total. The van der Waals surface area contributed by atoms with Gasteiger partial charge in [0.15, 0.2) is 5.13 Å². The van der Waals surface area contributed by atoms with Gasteiger partial charge in [-0.2, -0.15) is 4.39 Å². The van der Waals surface area contributed by atoms with Crippen molar-refractivity contribution in [1.82, 2.24) is 0 Å². The van der Waals surface area contributed by atoms with Crippen molar-refractivity contribution < 1.29 is 14.3 Å². The molecule has 170 valence electrons. The van der Waals surface area contributed by atoms with Gasteiger partial charge in [-0.05, 0) is 66.8 Å². The van der Waals surface area contributed by atoms with Crippen molar-refractivity contribution in [3.8, 4) is 11.1 Å². The van der Waals surface area contributed by atoms with Gasteiger partial charge in [0.05, 0.1) is 11.3 Å². The van der Waals surface area contributed by atoms with E-state index >= 15 is 0 Å². The Bertz CT molecular complexity index is 1150. The van der Waals surface area contributed by atoms with Gasteiger partial charge in [-0.1, -0.05) is 44.5 Å². The number of hydrogen-bond acceptors (Lipinski definition) is 3. The van der Waals surface area contributed by atoms with E-state index in [9.17, 15) is 14.3 Å². The average molecular weight is 474 g/mol. The fraction of sp³-hybridized carbons (Fsp3) is 0.423. The molecule has 0 radical (unpaired) electrons. The number of carboxylic acid groups (broad SMARTS) is 1. The van der Waals surface area contributed by atoms with E-state index < -0.39 is 5.97 Å². The van der Waals surface area contributed by atoms with Crippen LogP contribution in [0.25, 0.3) is 21.2 Å². The summed E-state index contributed by atoms with van der Waals surface area (Å²) < 4.78 is 15.6. The number of piperidine rings is 1. The lowest BCUT2D eigenvalue weighted by atomic mass is 9.84. The van der Waals surface area contributed by atoms with Gasteiger partial charge < -0.3 is 10.0 Å². The number of carboxylic acids is 1. The van der Waals surface area contributed by atoms with Crippen molar-refractivity contribution in [2.24, 2.45) is 11.3 Å². The van der Waals surface area contributed by atoms with Crippen molar-refractivity contribution in [2.75, 3.05) is 18.0 Å². The molecule has 2 aromatic carbocycles. The van der Waals surface area contributed by atoms with E-state index in [1.807, 2.05) is 12.1 Å². The molecule has 0 bridgehead atoms. The second-order valence-corrected chi connectivity index (χ2v) is 11.4. The zero-order valence-electron chi connectivity index (χ0n) is 18.8. The summed E-state index contributed by atoms with van der Waals surface area (Å²) in [7, 11) is 0. The van der Waals surface area contributed by atoms with Gasteiger partial charge in [-0.25, -0.2) is 4.79 Å². The van der Waals surface area contributed by atoms with Crippen LogP contribution in [-0.2, 0) is 0 Å². The van der Waals surface area contributed by atoms with E-state index in [4.69, 9.17) is 11.6 Å². The summed E-state index contributed by atoms with van der Waals surface area (Å²) in [6.07, 6.45) is 4.54. The maximum Gasteiger partial charge on any atom is 0.337 e. The van der Waals surface area contributed by atoms with Gasteiger partial charge in [0.1, 0.15) is 0 Å². The number of rotatable bonds is 5. The molecule has 4 rings (SSSR count). The van der Waals surface area contributed by atoms with Crippen LogP contribution in [0.5, 0.6) is 0 Å². The van der Waals surface area contributed by atoms with Crippen LogP contribution in [0.2, 0.25) is 5.02 Å². The second-order valence-electron chi connectivity index (χ2n) is 9.98. The van der Waals surface area contributed by atoms with E-state index in [0.717, 1.165) is 59.5 Å². The standard InChI is InChI=1S/C26H29ClFNO2S/c1-26(2,3)11-10-16-5-4-12-29(15-16)21-9-6-17(13-20(21)25(30)31)23-19-8-7-18(27)14-22(19)32-24(23)28/h6-9,13-14,16H,4-5,10-12,15H2,1-3H3,(H,30,31)/t16-/m1/s1. The fourth-order valence-electron chi connectivity index (χ4n) is 4.60. The summed E-state index contributed by atoms with van der Waals surface area (Å²) in [5.74, 6) is -0.422. The average Bonchev–Trinajstić information content (AvgIpc) is 3.06. The minimum Gasteiger partial charge on any atom is -0.478 e. The molecule has 6 heteroatoms. The summed E-state index contributed by atoms with van der Waals surface area (Å²) in [4.78, 5) is 14.4. The highest BCUT2D eigenvalue weighted by atomic mass is 35.5. The normalized spacial score (nSPS) is 17.2. The Labute approximate surface area is 197 Å². The number of carbonyl (C=O) groups is 1. The highest BCUT2D eigenvalue weighted by molar-refractivity contribution is 7.18. The SMILES string of the molecule is CC(C)(C)CC[C@H]1CCCN(c2ccc(-c3c(F)sc4cc(Cl)ccc34)cc2C(=O)O)C1. The number of halogens is 2. The largest absolute Gasteiger partial charge is 0.478 e. The smallest absolute Gasteiger partial charge is 0.337 e. The Morgan fingerprint density at radius 2 is 2.03 bits per heavy atom. The molecule has 0 unspecified atom stereocenters. The first-order valence-electron chi connectivity index (χ1n) is 11.1. The lowest BCUT2D eigenvalue weighted by Crippen LogP contribution is -2.36. The van der Waals surface area contributed by atoms with Crippen LogP contribution in [-0.4, -0.2) is 24.2 Å². The number of anilines is 1. The van der Waals surface area contributed by atoms with Gasteiger partial charge in [-0.3, -0.25) is 0 Å². The number of benzene rings is 2. The number of aromatic carboxylic acids is 1. The maximum absolute atomic E-state index is 14.9. The molecule has 3 aromatic rings. The van der Waals surface area contributed by atoms with Crippen molar-refractivity contribution in [1.29, 1.82) is 0 Å². The molecule has 1 fully saturated rings. The Hall–Kier alpha value is -2.11. The maximum atomic E-state index is 14.9. The minimum atomic E-state index is -0.985. The molecule has 1 aliphatic rings. The monoisotopic (exact) mass is 473 g/mol. The van der Waals surface area contributed by atoms with Crippen LogP contribution in [0, 0.1) is 16.5 Å². The number of thiophene rings is 1.